The summed E-state index contributed by atoms with van der Waals surface area (Å²) in [6, 6.07) is 5.56. The molecule has 1 saturated heterocycles. The molecule has 2 heterocycles. The maximum absolute atomic E-state index is 11.5. The number of alkyl halides is 1. The van der Waals surface area contributed by atoms with Crippen LogP contribution in [0.2, 0.25) is 0 Å². The second kappa shape index (κ2) is 3.98. The summed E-state index contributed by atoms with van der Waals surface area (Å²) in [5, 5.41) is 0. The lowest BCUT2D eigenvalue weighted by Crippen LogP contribution is -2.25. The fraction of sp³-hybridized carbons (Fsp3) is 0.333. The minimum atomic E-state index is 0.123. The van der Waals surface area contributed by atoms with Crippen molar-refractivity contribution in [2.24, 2.45) is 0 Å². The Morgan fingerprint density at radius 1 is 1.50 bits per heavy atom. The van der Waals surface area contributed by atoms with Gasteiger partial charge in [0.15, 0.2) is 0 Å². The lowest BCUT2D eigenvalue weighted by molar-refractivity contribution is -0.117. The predicted molar refractivity (Wildman–Crippen MR) is 61.6 cm³/mol. The van der Waals surface area contributed by atoms with E-state index in [0.29, 0.717) is 18.8 Å². The van der Waals surface area contributed by atoms with Gasteiger partial charge in [0.2, 0.25) is 5.91 Å². The molecule has 0 aromatic carbocycles. The molecule has 0 bridgehead atoms. The van der Waals surface area contributed by atoms with E-state index in [2.05, 4.69) is 36.8 Å². The van der Waals surface area contributed by atoms with Crippen molar-refractivity contribution in [3.8, 4) is 0 Å². The summed E-state index contributed by atoms with van der Waals surface area (Å²) in [6.07, 6.45) is 0.550. The monoisotopic (exact) mass is 318 g/mol. The smallest absolute Gasteiger partial charge is 0.229 e. The molecule has 0 radical (unpaired) electrons. The zero-order chi connectivity index (χ0) is 10.1. The Labute approximate surface area is 98.8 Å². The zero-order valence-corrected chi connectivity index (χ0v) is 10.5. The van der Waals surface area contributed by atoms with Crippen molar-refractivity contribution in [3.63, 3.8) is 0 Å². The average Bonchev–Trinajstić information content (AvgIpc) is 2.45. The van der Waals surface area contributed by atoms with Crippen LogP contribution in [0.3, 0.4) is 0 Å². The Kier molecular flexibility index (Phi) is 2.88. The summed E-state index contributed by atoms with van der Waals surface area (Å²) in [5.74, 6) is 0.837. The zero-order valence-electron chi connectivity index (χ0n) is 7.28. The third kappa shape index (κ3) is 1.98. The number of hydrogen-bond donors (Lipinski definition) is 0. The van der Waals surface area contributed by atoms with Crippen LogP contribution < -0.4 is 4.90 Å². The number of rotatable bonds is 1. The lowest BCUT2D eigenvalue weighted by atomic mass is 10.4. The van der Waals surface area contributed by atoms with Gasteiger partial charge in [-0.05, 0) is 28.1 Å². The highest BCUT2D eigenvalue weighted by atomic mass is 79.9. The summed E-state index contributed by atoms with van der Waals surface area (Å²) >= 11 is 6.72. The minimum absolute atomic E-state index is 0.123. The van der Waals surface area contributed by atoms with Gasteiger partial charge < -0.3 is 0 Å². The number of aromatic nitrogens is 1. The molecule has 5 heteroatoms. The van der Waals surface area contributed by atoms with Crippen molar-refractivity contribution in [1.82, 2.24) is 4.98 Å². The van der Waals surface area contributed by atoms with Gasteiger partial charge in [-0.1, -0.05) is 22.0 Å². The largest absolute Gasteiger partial charge is 0.296 e. The molecule has 1 aromatic rings. The molecule has 0 spiro atoms. The third-order valence-electron chi connectivity index (χ3n) is 2.05. The van der Waals surface area contributed by atoms with Gasteiger partial charge in [0.05, 0.1) is 0 Å². The highest BCUT2D eigenvalue weighted by Gasteiger charge is 2.29. The number of halogens is 2. The van der Waals surface area contributed by atoms with Crippen LogP contribution in [0.25, 0.3) is 0 Å². The second-order valence-electron chi connectivity index (χ2n) is 3.12. The molecule has 1 atom stereocenters. The molecule has 74 valence electrons. The van der Waals surface area contributed by atoms with Crippen molar-refractivity contribution < 1.29 is 4.79 Å². The number of carbonyl (C=O) groups excluding carboxylic acids is 1. The van der Waals surface area contributed by atoms with E-state index in [1.54, 1.807) is 4.90 Å². The molecule has 1 unspecified atom stereocenters. The Morgan fingerprint density at radius 2 is 2.29 bits per heavy atom. The van der Waals surface area contributed by atoms with E-state index >= 15 is 0 Å². The van der Waals surface area contributed by atoms with Crippen LogP contribution in [0.15, 0.2) is 22.8 Å². The Bertz CT molecular complexity index is 370. The van der Waals surface area contributed by atoms with E-state index in [0.717, 1.165) is 4.60 Å². The van der Waals surface area contributed by atoms with Gasteiger partial charge in [-0.2, -0.15) is 0 Å². The summed E-state index contributed by atoms with van der Waals surface area (Å²) in [5.41, 5.74) is 0. The first kappa shape index (κ1) is 10.1. The fourth-order valence-electron chi connectivity index (χ4n) is 1.43. The molecule has 3 nitrogen and oxygen atoms in total. The van der Waals surface area contributed by atoms with Crippen LogP contribution in [0, 0.1) is 0 Å². The molecule has 0 aliphatic carbocycles. The van der Waals surface area contributed by atoms with Crippen molar-refractivity contribution in [3.05, 3.63) is 22.8 Å². The number of carbonyl (C=O) groups is 1. The van der Waals surface area contributed by atoms with Crippen LogP contribution in [0.4, 0.5) is 5.82 Å². The normalized spacial score (nSPS) is 21.7. The Morgan fingerprint density at radius 3 is 2.86 bits per heavy atom. The number of anilines is 1. The molecule has 0 N–H and O–H groups in total. The van der Waals surface area contributed by atoms with Crippen LogP contribution in [0.1, 0.15) is 6.42 Å². The first-order valence-corrected chi connectivity index (χ1v) is 5.94. The van der Waals surface area contributed by atoms with Gasteiger partial charge in [-0.3, -0.25) is 9.69 Å². The van der Waals surface area contributed by atoms with E-state index in [-0.39, 0.29) is 10.7 Å². The summed E-state index contributed by atoms with van der Waals surface area (Å²) in [7, 11) is 0. The topological polar surface area (TPSA) is 33.2 Å². The Balaban J connectivity index is 2.27. The van der Waals surface area contributed by atoms with Gasteiger partial charge in [0, 0.05) is 17.8 Å². The first-order valence-electron chi connectivity index (χ1n) is 4.24. The van der Waals surface area contributed by atoms with Crippen LogP contribution >= 0.6 is 31.9 Å². The SMILES string of the molecule is O=C1CC(Br)CN1c1cccc(Br)n1. The molecule has 1 aromatic heterocycles. The number of hydrogen-bond acceptors (Lipinski definition) is 2. The summed E-state index contributed by atoms with van der Waals surface area (Å²) < 4.78 is 0.751. The minimum Gasteiger partial charge on any atom is -0.296 e. The van der Waals surface area contributed by atoms with Gasteiger partial charge in [0.1, 0.15) is 10.4 Å². The van der Waals surface area contributed by atoms with Gasteiger partial charge in [-0.15, -0.1) is 0 Å². The molecular weight excluding hydrogens is 312 g/mol. The average molecular weight is 320 g/mol. The quantitative estimate of drug-likeness (QED) is 0.588. The molecule has 1 aliphatic rings. The Hall–Kier alpha value is -0.420. The second-order valence-corrected chi connectivity index (χ2v) is 5.23. The van der Waals surface area contributed by atoms with Crippen molar-refractivity contribution >= 4 is 43.6 Å². The van der Waals surface area contributed by atoms with Crippen LogP contribution in [-0.4, -0.2) is 22.3 Å². The van der Waals surface area contributed by atoms with E-state index in [1.165, 1.54) is 0 Å². The molecular formula is C9H8Br2N2O. The van der Waals surface area contributed by atoms with Gasteiger partial charge in [-0.25, -0.2) is 4.98 Å². The fourth-order valence-corrected chi connectivity index (χ4v) is 2.33. The van der Waals surface area contributed by atoms with E-state index in [9.17, 15) is 4.79 Å². The number of nitrogens with zero attached hydrogens (tertiary/aromatic N) is 2. The third-order valence-corrected chi connectivity index (χ3v) is 3.11. The lowest BCUT2D eigenvalue weighted by Gasteiger charge is -2.14. The van der Waals surface area contributed by atoms with Gasteiger partial charge >= 0.3 is 0 Å². The van der Waals surface area contributed by atoms with Crippen molar-refractivity contribution in [1.29, 1.82) is 0 Å². The van der Waals surface area contributed by atoms with Gasteiger partial charge in [0.25, 0.3) is 0 Å². The molecule has 2 rings (SSSR count). The van der Waals surface area contributed by atoms with Crippen LogP contribution in [-0.2, 0) is 4.79 Å². The number of pyridine rings is 1. The standard InChI is InChI=1S/C9H8Br2N2O/c10-6-4-9(14)13(5-6)8-3-1-2-7(11)12-8/h1-3,6H,4-5H2. The maximum atomic E-state index is 11.5. The molecule has 0 saturated carbocycles. The van der Waals surface area contributed by atoms with E-state index in [1.807, 2.05) is 18.2 Å². The highest BCUT2D eigenvalue weighted by Crippen LogP contribution is 2.24. The number of amides is 1. The van der Waals surface area contributed by atoms with Crippen molar-refractivity contribution in [2.75, 3.05) is 11.4 Å². The maximum Gasteiger partial charge on any atom is 0.229 e. The van der Waals surface area contributed by atoms with Crippen molar-refractivity contribution in [2.45, 2.75) is 11.2 Å². The molecule has 14 heavy (non-hydrogen) atoms. The first-order chi connectivity index (χ1) is 6.66. The molecule has 1 aliphatic heterocycles. The van der Waals surface area contributed by atoms with E-state index < -0.39 is 0 Å². The molecule has 1 fully saturated rings. The van der Waals surface area contributed by atoms with Crippen LogP contribution in [0.5, 0.6) is 0 Å². The predicted octanol–water partition coefficient (Wildman–Crippen LogP) is 2.34. The molecule has 1 amide bonds. The highest BCUT2D eigenvalue weighted by molar-refractivity contribution is 9.10. The van der Waals surface area contributed by atoms with E-state index in [4.69, 9.17) is 0 Å². The summed E-state index contributed by atoms with van der Waals surface area (Å²) in [6.45, 7) is 0.697. The summed E-state index contributed by atoms with van der Waals surface area (Å²) in [4.78, 5) is 17.7.